The number of aromatic nitrogens is 2. The summed E-state index contributed by atoms with van der Waals surface area (Å²) in [6, 6.07) is 3.93. The first-order chi connectivity index (χ1) is 6.29. The van der Waals surface area contributed by atoms with Gasteiger partial charge in [-0.15, -0.1) is 21.5 Å². The van der Waals surface area contributed by atoms with Gasteiger partial charge in [0.25, 0.3) is 5.89 Å². The lowest BCUT2D eigenvalue weighted by atomic mass is 10.5. The first-order valence-electron chi connectivity index (χ1n) is 3.87. The molecule has 68 valence electrons. The van der Waals surface area contributed by atoms with Gasteiger partial charge in [0.1, 0.15) is 0 Å². The van der Waals surface area contributed by atoms with Gasteiger partial charge in [-0.1, -0.05) is 6.92 Å². The van der Waals surface area contributed by atoms with Crippen LogP contribution < -0.4 is 0 Å². The summed E-state index contributed by atoms with van der Waals surface area (Å²) in [5.74, 6) is 1.28. The molecule has 2 heterocycles. The quantitative estimate of drug-likeness (QED) is 0.831. The Morgan fingerprint density at radius 3 is 2.85 bits per heavy atom. The molecule has 2 aromatic rings. The van der Waals surface area contributed by atoms with Crippen molar-refractivity contribution in [2.45, 2.75) is 13.3 Å². The third kappa shape index (κ3) is 1.81. The molecule has 0 aliphatic carbocycles. The van der Waals surface area contributed by atoms with Crippen molar-refractivity contribution in [1.82, 2.24) is 10.2 Å². The molecule has 0 atom stereocenters. The van der Waals surface area contributed by atoms with Crippen LogP contribution in [0, 0.1) is 0 Å². The standard InChI is InChI=1S/C8H7BrN2OS/c1-2-7-10-11-8(12-7)5-3-4-6(9)13-5/h3-4H,2H2,1H3. The van der Waals surface area contributed by atoms with Crippen LogP contribution in [0.3, 0.4) is 0 Å². The van der Waals surface area contributed by atoms with Gasteiger partial charge in [0.15, 0.2) is 0 Å². The summed E-state index contributed by atoms with van der Waals surface area (Å²) in [5.41, 5.74) is 0. The Bertz CT molecular complexity index is 410. The summed E-state index contributed by atoms with van der Waals surface area (Å²) in [6.45, 7) is 1.99. The summed E-state index contributed by atoms with van der Waals surface area (Å²) >= 11 is 4.97. The van der Waals surface area contributed by atoms with Crippen molar-refractivity contribution < 1.29 is 4.42 Å². The summed E-state index contributed by atoms with van der Waals surface area (Å²) in [6.07, 6.45) is 0.777. The molecule has 0 N–H and O–H groups in total. The first-order valence-corrected chi connectivity index (χ1v) is 5.48. The van der Waals surface area contributed by atoms with Crippen molar-refractivity contribution >= 4 is 27.3 Å². The number of hydrogen-bond donors (Lipinski definition) is 0. The average molecular weight is 259 g/mol. The Balaban J connectivity index is 2.35. The molecule has 2 aromatic heterocycles. The van der Waals surface area contributed by atoms with E-state index in [4.69, 9.17) is 4.42 Å². The number of aryl methyl sites for hydroxylation is 1. The van der Waals surface area contributed by atoms with E-state index in [9.17, 15) is 0 Å². The van der Waals surface area contributed by atoms with Crippen molar-refractivity contribution in [2.75, 3.05) is 0 Å². The lowest BCUT2D eigenvalue weighted by Gasteiger charge is -1.84. The number of hydrogen-bond acceptors (Lipinski definition) is 4. The highest BCUT2D eigenvalue weighted by Crippen LogP contribution is 2.30. The largest absolute Gasteiger partial charge is 0.420 e. The maximum absolute atomic E-state index is 5.40. The molecule has 5 heteroatoms. The smallest absolute Gasteiger partial charge is 0.257 e. The SMILES string of the molecule is CCc1nnc(-c2ccc(Br)s2)o1. The van der Waals surface area contributed by atoms with Gasteiger partial charge in [-0.05, 0) is 28.1 Å². The highest BCUT2D eigenvalue weighted by Gasteiger charge is 2.08. The summed E-state index contributed by atoms with van der Waals surface area (Å²) in [7, 11) is 0. The Labute approximate surface area is 87.9 Å². The van der Waals surface area contributed by atoms with Gasteiger partial charge in [-0.2, -0.15) is 0 Å². The van der Waals surface area contributed by atoms with Gasteiger partial charge in [-0.3, -0.25) is 0 Å². The molecule has 0 fully saturated rings. The van der Waals surface area contributed by atoms with Crippen molar-refractivity contribution in [2.24, 2.45) is 0 Å². The highest BCUT2D eigenvalue weighted by molar-refractivity contribution is 9.11. The minimum atomic E-state index is 0.604. The van der Waals surface area contributed by atoms with Gasteiger partial charge in [0.05, 0.1) is 8.66 Å². The molecule has 0 saturated heterocycles. The van der Waals surface area contributed by atoms with E-state index >= 15 is 0 Å². The Morgan fingerprint density at radius 1 is 1.46 bits per heavy atom. The van der Waals surface area contributed by atoms with Gasteiger partial charge in [0, 0.05) is 6.42 Å². The molecule has 0 radical (unpaired) electrons. The molecule has 0 aliphatic rings. The third-order valence-electron chi connectivity index (χ3n) is 1.55. The predicted molar refractivity (Wildman–Crippen MR) is 54.7 cm³/mol. The molecule has 3 nitrogen and oxygen atoms in total. The summed E-state index contributed by atoms with van der Waals surface area (Å²) in [5, 5.41) is 7.84. The monoisotopic (exact) mass is 258 g/mol. The zero-order valence-electron chi connectivity index (χ0n) is 6.95. The second-order valence-corrected chi connectivity index (χ2v) is 4.92. The van der Waals surface area contributed by atoms with Gasteiger partial charge >= 0.3 is 0 Å². The third-order valence-corrected chi connectivity index (χ3v) is 3.16. The van der Waals surface area contributed by atoms with E-state index in [1.165, 1.54) is 0 Å². The number of rotatable bonds is 2. The Kier molecular flexibility index (Phi) is 2.46. The van der Waals surface area contributed by atoms with Crippen LogP contribution in [0.5, 0.6) is 0 Å². The molecular formula is C8H7BrN2OS. The van der Waals surface area contributed by atoms with Gasteiger partial charge < -0.3 is 4.42 Å². The van der Waals surface area contributed by atoms with E-state index < -0.39 is 0 Å². The van der Waals surface area contributed by atoms with Crippen LogP contribution in [-0.2, 0) is 6.42 Å². The molecule has 0 aromatic carbocycles. The predicted octanol–water partition coefficient (Wildman–Crippen LogP) is 3.12. The van der Waals surface area contributed by atoms with E-state index in [1.807, 2.05) is 19.1 Å². The summed E-state index contributed by atoms with van der Waals surface area (Å²) in [4.78, 5) is 0.999. The molecule has 0 amide bonds. The maximum Gasteiger partial charge on any atom is 0.257 e. The second kappa shape index (κ2) is 3.59. The van der Waals surface area contributed by atoms with E-state index in [2.05, 4.69) is 26.1 Å². The van der Waals surface area contributed by atoms with E-state index in [1.54, 1.807) is 11.3 Å². The molecule has 0 spiro atoms. The molecule has 13 heavy (non-hydrogen) atoms. The first kappa shape index (κ1) is 8.90. The fourth-order valence-corrected chi connectivity index (χ4v) is 2.23. The van der Waals surface area contributed by atoms with Crippen LogP contribution in [0.4, 0.5) is 0 Å². The Hall–Kier alpha value is -0.680. The zero-order valence-corrected chi connectivity index (χ0v) is 9.35. The molecule has 0 bridgehead atoms. The van der Waals surface area contributed by atoms with Crippen molar-refractivity contribution in [3.63, 3.8) is 0 Å². The van der Waals surface area contributed by atoms with E-state index in [-0.39, 0.29) is 0 Å². The van der Waals surface area contributed by atoms with Crippen LogP contribution in [-0.4, -0.2) is 10.2 Å². The lowest BCUT2D eigenvalue weighted by Crippen LogP contribution is -1.76. The van der Waals surface area contributed by atoms with E-state index in [0.717, 1.165) is 15.1 Å². The van der Waals surface area contributed by atoms with Crippen LogP contribution >= 0.6 is 27.3 Å². The zero-order chi connectivity index (χ0) is 9.26. The Morgan fingerprint density at radius 2 is 2.31 bits per heavy atom. The van der Waals surface area contributed by atoms with Gasteiger partial charge in [0.2, 0.25) is 5.89 Å². The number of nitrogens with zero attached hydrogens (tertiary/aromatic N) is 2. The normalized spacial score (nSPS) is 10.6. The number of thiophene rings is 1. The topological polar surface area (TPSA) is 38.9 Å². The van der Waals surface area contributed by atoms with Crippen LogP contribution in [0.2, 0.25) is 0 Å². The van der Waals surface area contributed by atoms with Crippen molar-refractivity contribution in [3.05, 3.63) is 21.8 Å². The van der Waals surface area contributed by atoms with E-state index in [0.29, 0.717) is 11.8 Å². The average Bonchev–Trinajstić information content (AvgIpc) is 2.71. The van der Waals surface area contributed by atoms with Crippen molar-refractivity contribution in [3.8, 4) is 10.8 Å². The fourth-order valence-electron chi connectivity index (χ4n) is 0.925. The minimum absolute atomic E-state index is 0.604. The maximum atomic E-state index is 5.40. The highest BCUT2D eigenvalue weighted by atomic mass is 79.9. The van der Waals surface area contributed by atoms with Crippen LogP contribution in [0.1, 0.15) is 12.8 Å². The molecule has 0 saturated carbocycles. The van der Waals surface area contributed by atoms with Crippen molar-refractivity contribution in [1.29, 1.82) is 0 Å². The second-order valence-electron chi connectivity index (χ2n) is 2.46. The molecule has 0 unspecified atom stereocenters. The number of halogens is 1. The summed E-state index contributed by atoms with van der Waals surface area (Å²) < 4.78 is 6.47. The molecule has 0 aliphatic heterocycles. The molecule has 2 rings (SSSR count). The lowest BCUT2D eigenvalue weighted by molar-refractivity contribution is 0.514. The fraction of sp³-hybridized carbons (Fsp3) is 0.250. The van der Waals surface area contributed by atoms with Gasteiger partial charge in [-0.25, -0.2) is 0 Å². The van der Waals surface area contributed by atoms with Crippen LogP contribution in [0.25, 0.3) is 10.8 Å². The molecular weight excluding hydrogens is 252 g/mol. The van der Waals surface area contributed by atoms with Crippen LogP contribution in [0.15, 0.2) is 20.3 Å². The minimum Gasteiger partial charge on any atom is -0.420 e.